The predicted molar refractivity (Wildman–Crippen MR) is 139 cm³/mol. The molecule has 1 N–H and O–H groups in total. The zero-order valence-electron chi connectivity index (χ0n) is 21.0. The number of imidazole rings is 1. The summed E-state index contributed by atoms with van der Waals surface area (Å²) in [5.74, 6) is 1.95. The Balaban J connectivity index is 1.51. The van der Waals surface area contributed by atoms with Crippen LogP contribution in [0.5, 0.6) is 11.5 Å². The lowest BCUT2D eigenvalue weighted by Gasteiger charge is -2.19. The standard InChI is InChI=1S/C29H33N3O3/c1-20(30-28(33)23-10-6-9-13-26(23)34-5)27-31-24-11-7-8-12-25(24)32(27)18-19-35-22-16-14-21(15-17-22)29(2,3)4/h6-17,20H,18-19H2,1-5H3,(H,30,33). The molecule has 1 aromatic heterocycles. The number of nitrogens with zero attached hydrogens (tertiary/aromatic N) is 2. The highest BCUT2D eigenvalue weighted by atomic mass is 16.5. The van der Waals surface area contributed by atoms with E-state index in [0.29, 0.717) is 24.5 Å². The normalized spacial score (nSPS) is 12.4. The lowest BCUT2D eigenvalue weighted by molar-refractivity contribution is 0.0934. The molecule has 0 fully saturated rings. The van der Waals surface area contributed by atoms with E-state index in [1.54, 1.807) is 19.2 Å². The summed E-state index contributed by atoms with van der Waals surface area (Å²) in [6.45, 7) is 9.62. The van der Waals surface area contributed by atoms with E-state index >= 15 is 0 Å². The maximum absolute atomic E-state index is 13.0. The fourth-order valence-corrected chi connectivity index (χ4v) is 4.14. The number of methoxy groups -OCH3 is 1. The maximum Gasteiger partial charge on any atom is 0.255 e. The molecule has 0 saturated carbocycles. The smallest absolute Gasteiger partial charge is 0.255 e. The number of fused-ring (bicyclic) bond motifs is 1. The zero-order valence-corrected chi connectivity index (χ0v) is 21.0. The molecule has 0 bridgehead atoms. The van der Waals surface area contributed by atoms with Crippen LogP contribution in [0.2, 0.25) is 0 Å². The van der Waals surface area contributed by atoms with Crippen LogP contribution in [0.15, 0.2) is 72.8 Å². The number of rotatable bonds is 8. The summed E-state index contributed by atoms with van der Waals surface area (Å²) in [6, 6.07) is 23.1. The maximum atomic E-state index is 13.0. The predicted octanol–water partition coefficient (Wildman–Crippen LogP) is 5.91. The second kappa shape index (κ2) is 10.2. The summed E-state index contributed by atoms with van der Waals surface area (Å²) in [5.41, 5.74) is 3.76. The first-order valence-corrected chi connectivity index (χ1v) is 11.9. The van der Waals surface area contributed by atoms with Gasteiger partial charge in [-0.05, 0) is 54.3 Å². The summed E-state index contributed by atoms with van der Waals surface area (Å²) in [7, 11) is 1.56. The Morgan fingerprint density at radius 2 is 1.69 bits per heavy atom. The largest absolute Gasteiger partial charge is 0.496 e. The van der Waals surface area contributed by atoms with Gasteiger partial charge in [-0.3, -0.25) is 4.79 Å². The van der Waals surface area contributed by atoms with E-state index in [1.807, 2.05) is 55.5 Å². The summed E-state index contributed by atoms with van der Waals surface area (Å²) in [6.07, 6.45) is 0. The molecule has 0 aliphatic carbocycles. The fraction of sp³-hybridized carbons (Fsp3) is 0.310. The van der Waals surface area contributed by atoms with E-state index in [4.69, 9.17) is 14.5 Å². The first-order valence-electron chi connectivity index (χ1n) is 11.9. The third kappa shape index (κ3) is 5.48. The van der Waals surface area contributed by atoms with E-state index in [2.05, 4.69) is 42.8 Å². The topological polar surface area (TPSA) is 65.4 Å². The molecule has 0 aliphatic rings. The molecule has 0 saturated heterocycles. The molecule has 35 heavy (non-hydrogen) atoms. The summed E-state index contributed by atoms with van der Waals surface area (Å²) < 4.78 is 13.5. The minimum atomic E-state index is -0.314. The van der Waals surface area contributed by atoms with Gasteiger partial charge < -0.3 is 19.4 Å². The first kappa shape index (κ1) is 24.3. The van der Waals surface area contributed by atoms with Crippen LogP contribution in [-0.4, -0.2) is 29.2 Å². The minimum Gasteiger partial charge on any atom is -0.496 e. The Kier molecular flexibility index (Phi) is 7.10. The van der Waals surface area contributed by atoms with Crippen LogP contribution in [-0.2, 0) is 12.0 Å². The second-order valence-electron chi connectivity index (χ2n) is 9.63. The molecule has 182 valence electrons. The van der Waals surface area contributed by atoms with Gasteiger partial charge in [0.25, 0.3) is 5.91 Å². The molecule has 1 heterocycles. The van der Waals surface area contributed by atoms with E-state index in [0.717, 1.165) is 22.6 Å². The van der Waals surface area contributed by atoms with Gasteiger partial charge >= 0.3 is 0 Å². The zero-order chi connectivity index (χ0) is 25.0. The molecular weight excluding hydrogens is 438 g/mol. The van der Waals surface area contributed by atoms with E-state index in [9.17, 15) is 4.79 Å². The van der Waals surface area contributed by atoms with E-state index in [1.165, 1.54) is 5.56 Å². The van der Waals surface area contributed by atoms with Crippen molar-refractivity contribution in [2.45, 2.75) is 45.7 Å². The molecule has 6 heteroatoms. The van der Waals surface area contributed by atoms with Gasteiger partial charge in [-0.25, -0.2) is 4.98 Å². The van der Waals surface area contributed by atoms with Gasteiger partial charge in [0.05, 0.1) is 36.3 Å². The van der Waals surface area contributed by atoms with Crippen molar-refractivity contribution in [3.8, 4) is 11.5 Å². The summed E-state index contributed by atoms with van der Waals surface area (Å²) >= 11 is 0. The number of nitrogens with one attached hydrogen (secondary N) is 1. The van der Waals surface area contributed by atoms with Crippen LogP contribution >= 0.6 is 0 Å². The third-order valence-electron chi connectivity index (χ3n) is 6.07. The fourth-order valence-electron chi connectivity index (χ4n) is 4.14. The number of para-hydroxylation sites is 3. The molecule has 0 aliphatic heterocycles. The average Bonchev–Trinajstić information content (AvgIpc) is 3.22. The van der Waals surface area contributed by atoms with Crippen molar-refractivity contribution in [2.75, 3.05) is 13.7 Å². The van der Waals surface area contributed by atoms with Gasteiger partial charge in [0, 0.05) is 0 Å². The second-order valence-corrected chi connectivity index (χ2v) is 9.63. The lowest BCUT2D eigenvalue weighted by Crippen LogP contribution is -2.29. The molecule has 3 aromatic carbocycles. The van der Waals surface area contributed by atoms with Crippen LogP contribution in [0, 0.1) is 0 Å². The van der Waals surface area contributed by atoms with Gasteiger partial charge in [-0.1, -0.05) is 57.2 Å². The van der Waals surface area contributed by atoms with Crippen molar-refractivity contribution in [1.82, 2.24) is 14.9 Å². The van der Waals surface area contributed by atoms with Crippen molar-refractivity contribution < 1.29 is 14.3 Å². The van der Waals surface area contributed by atoms with Gasteiger partial charge in [0.1, 0.15) is 23.9 Å². The van der Waals surface area contributed by atoms with Crippen molar-refractivity contribution in [3.63, 3.8) is 0 Å². The highest BCUT2D eigenvalue weighted by molar-refractivity contribution is 5.97. The molecule has 1 amide bonds. The first-order chi connectivity index (χ1) is 16.8. The van der Waals surface area contributed by atoms with Crippen molar-refractivity contribution in [2.24, 2.45) is 0 Å². The Bertz CT molecular complexity index is 1300. The van der Waals surface area contributed by atoms with Gasteiger partial charge in [-0.15, -0.1) is 0 Å². The molecule has 4 aromatic rings. The molecule has 1 atom stereocenters. The number of carbonyl (C=O) groups is 1. The number of benzene rings is 3. The van der Waals surface area contributed by atoms with Gasteiger partial charge in [0.15, 0.2) is 0 Å². The number of carbonyl (C=O) groups excluding carboxylic acids is 1. The minimum absolute atomic E-state index is 0.105. The van der Waals surface area contributed by atoms with Crippen molar-refractivity contribution in [1.29, 1.82) is 0 Å². The number of hydrogen-bond donors (Lipinski definition) is 1. The quantitative estimate of drug-likeness (QED) is 0.347. The number of aromatic nitrogens is 2. The molecule has 0 radical (unpaired) electrons. The van der Waals surface area contributed by atoms with Gasteiger partial charge in [-0.2, -0.15) is 0 Å². The van der Waals surface area contributed by atoms with E-state index < -0.39 is 0 Å². The monoisotopic (exact) mass is 471 g/mol. The lowest BCUT2D eigenvalue weighted by atomic mass is 9.87. The van der Waals surface area contributed by atoms with Crippen molar-refractivity contribution >= 4 is 16.9 Å². The SMILES string of the molecule is COc1ccccc1C(=O)NC(C)c1nc2ccccc2n1CCOc1ccc(C(C)(C)C)cc1. The third-order valence-corrected chi connectivity index (χ3v) is 6.07. The Hall–Kier alpha value is -3.80. The molecule has 1 unspecified atom stereocenters. The van der Waals surface area contributed by atoms with Crippen LogP contribution in [0.4, 0.5) is 0 Å². The van der Waals surface area contributed by atoms with Crippen LogP contribution in [0.25, 0.3) is 11.0 Å². The Labute approximate surface area is 206 Å². The van der Waals surface area contributed by atoms with Crippen molar-refractivity contribution in [3.05, 3.63) is 89.7 Å². The summed E-state index contributed by atoms with van der Waals surface area (Å²) in [5, 5.41) is 3.07. The van der Waals surface area contributed by atoms with Crippen LogP contribution in [0.3, 0.4) is 0 Å². The molecule has 4 rings (SSSR count). The van der Waals surface area contributed by atoms with Crippen LogP contribution < -0.4 is 14.8 Å². The molecule has 6 nitrogen and oxygen atoms in total. The molecular formula is C29H33N3O3. The van der Waals surface area contributed by atoms with Gasteiger partial charge in [0.2, 0.25) is 0 Å². The molecule has 0 spiro atoms. The Morgan fingerprint density at radius 1 is 1.00 bits per heavy atom. The Morgan fingerprint density at radius 3 is 2.40 bits per heavy atom. The highest BCUT2D eigenvalue weighted by Crippen LogP contribution is 2.25. The van der Waals surface area contributed by atoms with E-state index in [-0.39, 0.29) is 17.4 Å². The van der Waals surface area contributed by atoms with Crippen LogP contribution in [0.1, 0.15) is 55.5 Å². The number of hydrogen-bond acceptors (Lipinski definition) is 4. The number of amides is 1. The summed E-state index contributed by atoms with van der Waals surface area (Å²) in [4.78, 5) is 17.8. The number of ether oxygens (including phenoxy) is 2. The average molecular weight is 472 g/mol. The highest BCUT2D eigenvalue weighted by Gasteiger charge is 2.21.